The maximum absolute atomic E-state index is 12.8. The van der Waals surface area contributed by atoms with Crippen LogP contribution in [0.2, 0.25) is 0 Å². The highest BCUT2D eigenvalue weighted by atomic mass is 16.6. The number of ether oxygens (including phenoxy) is 3. The molecule has 0 aliphatic heterocycles. The van der Waals surface area contributed by atoms with Crippen molar-refractivity contribution in [3.8, 4) is 0 Å². The summed E-state index contributed by atoms with van der Waals surface area (Å²) in [6, 6.07) is 0. The van der Waals surface area contributed by atoms with Crippen LogP contribution >= 0.6 is 0 Å². The van der Waals surface area contributed by atoms with Crippen molar-refractivity contribution >= 4 is 11.9 Å². The Morgan fingerprint density at radius 2 is 0.730 bits per heavy atom. The summed E-state index contributed by atoms with van der Waals surface area (Å²) in [5.74, 6) is -0.545. The lowest BCUT2D eigenvalue weighted by Crippen LogP contribution is -2.31. The van der Waals surface area contributed by atoms with E-state index in [0.29, 0.717) is 19.3 Å². The minimum Gasteiger partial charge on any atom is -0.462 e. The van der Waals surface area contributed by atoms with Crippen LogP contribution in [0.5, 0.6) is 0 Å². The lowest BCUT2D eigenvalue weighted by molar-refractivity contribution is -0.173. The standard InChI is InChI=1S/C57H106O6/c1-4-7-10-13-16-19-22-25-28-31-34-37-40-43-46-49-55(58)61-52-54(63-57(60)51-48-45-42-39-36-33-30-27-24-21-18-15-12-9-6-3)53-62-56(59)50-47-44-41-38-35-32-29-26-23-20-17-14-11-8-5-2/h16,19,25,27-28,30,54-55,58H,4-15,17-18,20-24,26,29,31-53H2,1-3H3/b19-16-,28-25-,30-27-/t54?,55-/m1/s1. The second-order valence-corrected chi connectivity index (χ2v) is 18.6. The van der Waals surface area contributed by atoms with Gasteiger partial charge in [-0.2, -0.15) is 0 Å². The summed E-state index contributed by atoms with van der Waals surface area (Å²) in [4.78, 5) is 25.5. The number of hydrogen-bond acceptors (Lipinski definition) is 6. The molecule has 2 atom stereocenters. The van der Waals surface area contributed by atoms with Crippen LogP contribution in [0.1, 0.15) is 290 Å². The van der Waals surface area contributed by atoms with Crippen molar-refractivity contribution in [2.45, 2.75) is 303 Å². The lowest BCUT2D eigenvalue weighted by Gasteiger charge is -2.20. The molecular weight excluding hydrogens is 781 g/mol. The van der Waals surface area contributed by atoms with E-state index in [9.17, 15) is 14.7 Å². The summed E-state index contributed by atoms with van der Waals surface area (Å²) in [5.41, 5.74) is 0. The summed E-state index contributed by atoms with van der Waals surface area (Å²) >= 11 is 0. The van der Waals surface area contributed by atoms with Crippen molar-refractivity contribution in [1.82, 2.24) is 0 Å². The van der Waals surface area contributed by atoms with Crippen LogP contribution in [0.3, 0.4) is 0 Å². The third kappa shape index (κ3) is 50.9. The summed E-state index contributed by atoms with van der Waals surface area (Å²) in [6.45, 7) is 6.77. The van der Waals surface area contributed by atoms with E-state index in [4.69, 9.17) is 14.2 Å². The molecule has 0 aromatic rings. The van der Waals surface area contributed by atoms with Gasteiger partial charge >= 0.3 is 11.9 Å². The molecule has 1 N–H and O–H groups in total. The van der Waals surface area contributed by atoms with Crippen LogP contribution in [0, 0.1) is 0 Å². The number of esters is 2. The highest BCUT2D eigenvalue weighted by Crippen LogP contribution is 2.16. The Labute approximate surface area is 392 Å². The van der Waals surface area contributed by atoms with Gasteiger partial charge in [-0.3, -0.25) is 9.59 Å². The first-order valence-corrected chi connectivity index (χ1v) is 27.6. The molecule has 0 rings (SSSR count). The Balaban J connectivity index is 4.38. The largest absolute Gasteiger partial charge is 0.462 e. The molecule has 0 spiro atoms. The van der Waals surface area contributed by atoms with Gasteiger partial charge in [0.25, 0.3) is 0 Å². The topological polar surface area (TPSA) is 82.1 Å². The predicted octanol–water partition coefficient (Wildman–Crippen LogP) is 17.9. The van der Waals surface area contributed by atoms with Gasteiger partial charge in [0.1, 0.15) is 6.61 Å². The monoisotopic (exact) mass is 887 g/mol. The molecule has 0 heterocycles. The quantitative estimate of drug-likeness (QED) is 0.0284. The molecule has 0 saturated carbocycles. The van der Waals surface area contributed by atoms with E-state index in [1.54, 1.807) is 0 Å². The molecule has 6 heteroatoms. The van der Waals surface area contributed by atoms with Crippen LogP contribution in [0.25, 0.3) is 0 Å². The van der Waals surface area contributed by atoms with Crippen LogP contribution in [0.4, 0.5) is 0 Å². The van der Waals surface area contributed by atoms with Crippen LogP contribution in [0.15, 0.2) is 36.5 Å². The van der Waals surface area contributed by atoms with Crippen molar-refractivity contribution in [2.24, 2.45) is 0 Å². The van der Waals surface area contributed by atoms with Gasteiger partial charge in [0.15, 0.2) is 12.4 Å². The predicted molar refractivity (Wildman–Crippen MR) is 271 cm³/mol. The van der Waals surface area contributed by atoms with E-state index in [2.05, 4.69) is 57.2 Å². The average Bonchev–Trinajstić information content (AvgIpc) is 3.28. The number of hydrogen-bond donors (Lipinski definition) is 1. The molecule has 1 unspecified atom stereocenters. The zero-order valence-corrected chi connectivity index (χ0v) is 42.2. The van der Waals surface area contributed by atoms with E-state index in [1.165, 1.54) is 173 Å². The first kappa shape index (κ1) is 61.1. The van der Waals surface area contributed by atoms with Crippen LogP contribution in [-0.2, 0) is 23.8 Å². The zero-order valence-electron chi connectivity index (χ0n) is 42.2. The Morgan fingerprint density at radius 3 is 1.17 bits per heavy atom. The number of aliphatic hydroxyl groups is 1. The molecule has 6 nitrogen and oxygen atoms in total. The minimum absolute atomic E-state index is 0.0196. The number of unbranched alkanes of at least 4 members (excludes halogenated alkanes) is 33. The van der Waals surface area contributed by atoms with Gasteiger partial charge < -0.3 is 19.3 Å². The van der Waals surface area contributed by atoms with Crippen LogP contribution < -0.4 is 0 Å². The van der Waals surface area contributed by atoms with Gasteiger partial charge in [0.05, 0.1) is 6.61 Å². The summed E-state index contributed by atoms with van der Waals surface area (Å²) in [5, 5.41) is 10.6. The Hall–Kier alpha value is -1.92. The molecule has 0 fully saturated rings. The first-order valence-electron chi connectivity index (χ1n) is 27.6. The average molecular weight is 887 g/mol. The molecule has 0 radical (unpaired) electrons. The summed E-state index contributed by atoms with van der Waals surface area (Å²) in [7, 11) is 0. The zero-order chi connectivity index (χ0) is 45.8. The maximum atomic E-state index is 12.8. The molecule has 0 amide bonds. The lowest BCUT2D eigenvalue weighted by atomic mass is 10.0. The smallest absolute Gasteiger partial charge is 0.306 e. The van der Waals surface area contributed by atoms with Gasteiger partial charge in [-0.25, -0.2) is 0 Å². The first-order chi connectivity index (χ1) is 31.0. The number of aliphatic hydroxyl groups excluding tert-OH is 1. The van der Waals surface area contributed by atoms with Crippen molar-refractivity contribution in [3.63, 3.8) is 0 Å². The number of carbonyl (C=O) groups is 2. The molecule has 370 valence electrons. The van der Waals surface area contributed by atoms with Gasteiger partial charge in [-0.1, -0.05) is 231 Å². The molecule has 63 heavy (non-hydrogen) atoms. The van der Waals surface area contributed by atoms with Crippen molar-refractivity contribution in [1.29, 1.82) is 0 Å². The van der Waals surface area contributed by atoms with Gasteiger partial charge in [0, 0.05) is 12.8 Å². The number of rotatable bonds is 51. The molecular formula is C57H106O6. The second-order valence-electron chi connectivity index (χ2n) is 18.6. The van der Waals surface area contributed by atoms with E-state index < -0.39 is 12.4 Å². The molecule has 0 saturated heterocycles. The number of allylic oxidation sites excluding steroid dienone is 6. The fourth-order valence-electron chi connectivity index (χ4n) is 8.03. The van der Waals surface area contributed by atoms with E-state index in [-0.39, 0.29) is 25.2 Å². The fourth-order valence-corrected chi connectivity index (χ4v) is 8.03. The summed E-state index contributed by atoms with van der Waals surface area (Å²) in [6.07, 6.45) is 61.1. The second kappa shape index (κ2) is 52.7. The third-order valence-electron chi connectivity index (χ3n) is 12.2. The molecule has 0 aromatic heterocycles. The molecule has 0 aliphatic rings. The molecule has 0 aromatic carbocycles. The van der Waals surface area contributed by atoms with Crippen molar-refractivity contribution in [3.05, 3.63) is 36.5 Å². The highest BCUT2D eigenvalue weighted by molar-refractivity contribution is 5.70. The number of carbonyl (C=O) groups excluding carboxylic acids is 2. The van der Waals surface area contributed by atoms with E-state index in [0.717, 1.165) is 77.0 Å². The molecule has 0 aliphatic carbocycles. The van der Waals surface area contributed by atoms with Crippen molar-refractivity contribution < 1.29 is 28.9 Å². The summed E-state index contributed by atoms with van der Waals surface area (Å²) < 4.78 is 17.1. The third-order valence-corrected chi connectivity index (χ3v) is 12.2. The Morgan fingerprint density at radius 1 is 0.397 bits per heavy atom. The minimum atomic E-state index is -0.925. The Bertz CT molecular complexity index is 1020. The fraction of sp³-hybridized carbons (Fsp3) is 0.860. The van der Waals surface area contributed by atoms with E-state index >= 15 is 0 Å². The van der Waals surface area contributed by atoms with Gasteiger partial charge in [-0.15, -0.1) is 0 Å². The SMILES string of the molecule is CCCCC/C=C\C/C=C\CCCCCCC[C@H](O)OCC(COC(=O)CCCCCCCCCCCCCCCCC)OC(=O)CCCCCCC/C=C\CCCCCCCC. The highest BCUT2D eigenvalue weighted by Gasteiger charge is 2.19. The maximum Gasteiger partial charge on any atom is 0.306 e. The van der Waals surface area contributed by atoms with Gasteiger partial charge in [-0.05, 0) is 83.5 Å². The normalized spacial score (nSPS) is 12.9. The Kier molecular flexibility index (Phi) is 51.1. The van der Waals surface area contributed by atoms with Gasteiger partial charge in [0.2, 0.25) is 0 Å². The van der Waals surface area contributed by atoms with Crippen LogP contribution in [-0.4, -0.2) is 42.7 Å². The van der Waals surface area contributed by atoms with E-state index in [1.807, 2.05) is 0 Å². The van der Waals surface area contributed by atoms with Crippen molar-refractivity contribution in [2.75, 3.05) is 13.2 Å². The molecule has 0 bridgehead atoms.